The van der Waals surface area contributed by atoms with Gasteiger partial charge in [-0.25, -0.2) is 5.06 Å². The standard InChI is InChI=1S/C12H16N2O3/c15-9-12(7-3-4-8-12)14(17)10(16)11(13-9)5-1-2-6-11/h3,7,17H,1-2,4-6,8H2,(H,13,15). The van der Waals surface area contributed by atoms with Gasteiger partial charge in [0.05, 0.1) is 0 Å². The van der Waals surface area contributed by atoms with Crippen LogP contribution in [0, 0.1) is 0 Å². The lowest BCUT2D eigenvalue weighted by molar-refractivity contribution is -0.206. The molecule has 3 aliphatic rings. The molecule has 0 aromatic carbocycles. The molecule has 1 aliphatic heterocycles. The zero-order chi connectivity index (χ0) is 12.1. The number of amides is 2. The van der Waals surface area contributed by atoms with E-state index < -0.39 is 11.1 Å². The van der Waals surface area contributed by atoms with Crippen LogP contribution in [0.25, 0.3) is 0 Å². The Morgan fingerprint density at radius 1 is 1.24 bits per heavy atom. The lowest BCUT2D eigenvalue weighted by atomic mass is 9.85. The van der Waals surface area contributed by atoms with Crippen molar-refractivity contribution in [3.63, 3.8) is 0 Å². The molecule has 1 atom stereocenters. The second-order valence-electron chi connectivity index (χ2n) is 5.23. The first kappa shape index (κ1) is 10.8. The SMILES string of the molecule is O=C1N(O)C2(C=CCC2)C(=O)NC12CCCC2. The molecule has 2 N–H and O–H groups in total. The summed E-state index contributed by atoms with van der Waals surface area (Å²) in [7, 11) is 0. The molecule has 17 heavy (non-hydrogen) atoms. The first-order valence-electron chi connectivity index (χ1n) is 6.15. The van der Waals surface area contributed by atoms with Gasteiger partial charge < -0.3 is 5.32 Å². The summed E-state index contributed by atoms with van der Waals surface area (Å²) in [5.74, 6) is -0.587. The van der Waals surface area contributed by atoms with Crippen molar-refractivity contribution in [3.05, 3.63) is 12.2 Å². The van der Waals surface area contributed by atoms with Gasteiger partial charge in [0.15, 0.2) is 5.54 Å². The Morgan fingerprint density at radius 2 is 1.94 bits per heavy atom. The van der Waals surface area contributed by atoms with Gasteiger partial charge in [0.2, 0.25) is 0 Å². The number of allylic oxidation sites excluding steroid dienone is 1. The van der Waals surface area contributed by atoms with Gasteiger partial charge in [-0.3, -0.25) is 14.8 Å². The summed E-state index contributed by atoms with van der Waals surface area (Å²) in [4.78, 5) is 24.5. The normalized spacial score (nSPS) is 35.0. The smallest absolute Gasteiger partial charge is 0.272 e. The Balaban J connectivity index is 1.98. The van der Waals surface area contributed by atoms with Crippen molar-refractivity contribution in [2.45, 2.75) is 49.6 Å². The van der Waals surface area contributed by atoms with Gasteiger partial charge >= 0.3 is 0 Å². The molecule has 0 bridgehead atoms. The molecule has 1 saturated carbocycles. The van der Waals surface area contributed by atoms with Gasteiger partial charge in [-0.15, -0.1) is 0 Å². The van der Waals surface area contributed by atoms with Crippen molar-refractivity contribution in [2.75, 3.05) is 0 Å². The van der Waals surface area contributed by atoms with Gasteiger partial charge in [0.1, 0.15) is 5.54 Å². The van der Waals surface area contributed by atoms with Crippen LogP contribution in [-0.2, 0) is 9.59 Å². The number of hydrogen-bond donors (Lipinski definition) is 2. The van der Waals surface area contributed by atoms with E-state index in [1.165, 1.54) is 0 Å². The van der Waals surface area contributed by atoms with Crippen molar-refractivity contribution in [3.8, 4) is 0 Å². The molecule has 1 heterocycles. The average molecular weight is 236 g/mol. The van der Waals surface area contributed by atoms with Crippen LogP contribution in [0.5, 0.6) is 0 Å². The minimum Gasteiger partial charge on any atom is -0.339 e. The maximum absolute atomic E-state index is 12.3. The van der Waals surface area contributed by atoms with E-state index in [1.807, 2.05) is 6.08 Å². The monoisotopic (exact) mass is 236 g/mol. The summed E-state index contributed by atoms with van der Waals surface area (Å²) in [5, 5.41) is 13.6. The lowest BCUT2D eigenvalue weighted by Crippen LogP contribution is -2.73. The molecular weight excluding hydrogens is 220 g/mol. The Morgan fingerprint density at radius 3 is 2.53 bits per heavy atom. The molecule has 1 saturated heterocycles. The second-order valence-corrected chi connectivity index (χ2v) is 5.23. The van der Waals surface area contributed by atoms with Gasteiger partial charge in [0.25, 0.3) is 11.8 Å². The molecule has 1 unspecified atom stereocenters. The maximum atomic E-state index is 12.3. The summed E-state index contributed by atoms with van der Waals surface area (Å²) in [6, 6.07) is 0. The van der Waals surface area contributed by atoms with Crippen molar-refractivity contribution in [1.82, 2.24) is 10.4 Å². The molecule has 2 fully saturated rings. The summed E-state index contributed by atoms with van der Waals surface area (Å²) in [6.45, 7) is 0. The van der Waals surface area contributed by atoms with Crippen LogP contribution >= 0.6 is 0 Å². The van der Waals surface area contributed by atoms with Crippen LogP contribution in [0.15, 0.2) is 12.2 Å². The molecule has 2 amide bonds. The van der Waals surface area contributed by atoms with E-state index in [1.54, 1.807) is 6.08 Å². The minimum atomic E-state index is -1.15. The third kappa shape index (κ3) is 1.23. The fourth-order valence-electron chi connectivity index (χ4n) is 3.21. The summed E-state index contributed by atoms with van der Waals surface area (Å²) >= 11 is 0. The summed E-state index contributed by atoms with van der Waals surface area (Å²) in [6.07, 6.45) is 7.76. The minimum absolute atomic E-state index is 0.241. The largest absolute Gasteiger partial charge is 0.339 e. The van der Waals surface area contributed by atoms with Crippen LogP contribution in [0.1, 0.15) is 38.5 Å². The first-order valence-corrected chi connectivity index (χ1v) is 6.15. The van der Waals surface area contributed by atoms with Crippen LogP contribution in [0.2, 0.25) is 0 Å². The molecule has 92 valence electrons. The highest BCUT2D eigenvalue weighted by molar-refractivity contribution is 6.03. The van der Waals surface area contributed by atoms with Crippen molar-refractivity contribution >= 4 is 11.8 Å². The number of rotatable bonds is 0. The number of carbonyl (C=O) groups is 2. The van der Waals surface area contributed by atoms with Crippen molar-refractivity contribution in [1.29, 1.82) is 0 Å². The highest BCUT2D eigenvalue weighted by atomic mass is 16.5. The van der Waals surface area contributed by atoms with E-state index in [2.05, 4.69) is 5.32 Å². The predicted molar refractivity (Wildman–Crippen MR) is 59.1 cm³/mol. The predicted octanol–water partition coefficient (Wildman–Crippen LogP) is 0.736. The van der Waals surface area contributed by atoms with E-state index in [0.717, 1.165) is 12.8 Å². The van der Waals surface area contributed by atoms with Crippen LogP contribution in [0.4, 0.5) is 0 Å². The maximum Gasteiger partial charge on any atom is 0.272 e. The molecule has 2 aliphatic carbocycles. The van der Waals surface area contributed by atoms with E-state index in [4.69, 9.17) is 0 Å². The number of nitrogens with zero attached hydrogens (tertiary/aromatic N) is 1. The molecule has 0 radical (unpaired) electrons. The third-order valence-electron chi connectivity index (χ3n) is 4.27. The Labute approximate surface area is 99.4 Å². The van der Waals surface area contributed by atoms with Crippen LogP contribution < -0.4 is 5.32 Å². The second kappa shape index (κ2) is 3.32. The average Bonchev–Trinajstić information content (AvgIpc) is 2.95. The van der Waals surface area contributed by atoms with E-state index in [9.17, 15) is 14.8 Å². The van der Waals surface area contributed by atoms with Gasteiger partial charge in [0, 0.05) is 0 Å². The molecule has 2 spiro atoms. The van der Waals surface area contributed by atoms with E-state index in [-0.39, 0.29) is 11.8 Å². The molecule has 5 nitrogen and oxygen atoms in total. The Kier molecular flexibility index (Phi) is 2.10. The van der Waals surface area contributed by atoms with E-state index in [0.29, 0.717) is 30.7 Å². The zero-order valence-corrected chi connectivity index (χ0v) is 9.61. The van der Waals surface area contributed by atoms with E-state index >= 15 is 0 Å². The molecule has 0 aromatic heterocycles. The van der Waals surface area contributed by atoms with Crippen molar-refractivity contribution in [2.24, 2.45) is 0 Å². The highest BCUT2D eigenvalue weighted by Gasteiger charge is 2.58. The van der Waals surface area contributed by atoms with Crippen LogP contribution in [-0.4, -0.2) is 33.2 Å². The number of hydrogen-bond acceptors (Lipinski definition) is 3. The summed E-state index contributed by atoms with van der Waals surface area (Å²) in [5.41, 5.74) is -1.99. The van der Waals surface area contributed by atoms with Gasteiger partial charge in [-0.05, 0) is 25.7 Å². The highest BCUT2D eigenvalue weighted by Crippen LogP contribution is 2.40. The fourth-order valence-corrected chi connectivity index (χ4v) is 3.21. The summed E-state index contributed by atoms with van der Waals surface area (Å²) < 4.78 is 0. The topological polar surface area (TPSA) is 69.6 Å². The number of hydroxylamine groups is 2. The third-order valence-corrected chi connectivity index (χ3v) is 4.27. The number of piperazine rings is 1. The lowest BCUT2D eigenvalue weighted by Gasteiger charge is -2.46. The van der Waals surface area contributed by atoms with Crippen LogP contribution in [0.3, 0.4) is 0 Å². The Hall–Kier alpha value is -1.36. The van der Waals surface area contributed by atoms with Crippen molar-refractivity contribution < 1.29 is 14.8 Å². The van der Waals surface area contributed by atoms with Gasteiger partial charge in [-0.2, -0.15) is 0 Å². The molecule has 0 aromatic rings. The fraction of sp³-hybridized carbons (Fsp3) is 0.667. The molecular formula is C12H16N2O3. The Bertz CT molecular complexity index is 412. The van der Waals surface area contributed by atoms with Gasteiger partial charge in [-0.1, -0.05) is 25.0 Å². The number of nitrogens with one attached hydrogen (secondary N) is 1. The molecule has 5 heteroatoms. The zero-order valence-electron chi connectivity index (χ0n) is 9.61. The molecule has 3 rings (SSSR count). The first-order chi connectivity index (χ1) is 8.11. The quantitative estimate of drug-likeness (QED) is 0.481. The number of carbonyl (C=O) groups excluding carboxylic acids is 2.